The molecule has 0 aliphatic rings. The average Bonchev–Trinajstić information content (AvgIpc) is 3.71. The van der Waals surface area contributed by atoms with Crippen molar-refractivity contribution >= 4 is 27.5 Å². The molecule has 0 aliphatic carbocycles. The van der Waals surface area contributed by atoms with E-state index in [0.29, 0.717) is 17.1 Å². The molecule has 0 atom stereocenters. The lowest BCUT2D eigenvalue weighted by molar-refractivity contribution is 1.17. The third-order valence-corrected chi connectivity index (χ3v) is 12.6. The molecule has 11 aromatic rings. The molecule has 0 fully saturated rings. The molecule has 5 heteroatoms. The molecule has 0 unspecified atom stereocenters. The third-order valence-electron chi connectivity index (χ3n) is 12.6. The first kappa shape index (κ1) is 40.6. The zero-order valence-electron chi connectivity index (χ0n) is 36.9. The number of nitriles is 1. The van der Waals surface area contributed by atoms with Crippen molar-refractivity contribution in [2.24, 2.45) is 0 Å². The first-order chi connectivity index (χ1) is 32.9. The first-order valence-corrected chi connectivity index (χ1v) is 22.3. The van der Waals surface area contributed by atoms with E-state index in [4.69, 9.17) is 16.5 Å². The number of nitrogens with zero attached hydrogens (tertiary/aromatic N) is 5. The normalized spacial score (nSPS) is 11.1. The molecule has 0 saturated heterocycles. The minimum Gasteiger partial charge on any atom is -0.308 e. The van der Waals surface area contributed by atoms with Gasteiger partial charge in [0.2, 0.25) is 0 Å². The Labute approximate surface area is 390 Å². The number of rotatable bonds is 8. The second-order valence-corrected chi connectivity index (χ2v) is 17.0. The van der Waals surface area contributed by atoms with Gasteiger partial charge >= 0.3 is 0 Å². The summed E-state index contributed by atoms with van der Waals surface area (Å²) in [4.78, 5) is 14.4. The molecular formula is C62H41N5. The molecule has 2 aromatic heterocycles. The van der Waals surface area contributed by atoms with E-state index < -0.39 is 0 Å². The van der Waals surface area contributed by atoms with Crippen LogP contribution >= 0.6 is 0 Å². The van der Waals surface area contributed by atoms with Crippen molar-refractivity contribution in [2.75, 3.05) is 0 Å². The van der Waals surface area contributed by atoms with E-state index in [9.17, 15) is 5.26 Å². The van der Waals surface area contributed by atoms with Gasteiger partial charge in [-0.15, -0.1) is 0 Å². The van der Waals surface area contributed by atoms with Crippen LogP contribution in [0.25, 0.3) is 111 Å². The van der Waals surface area contributed by atoms with Gasteiger partial charge in [-0.05, 0) is 102 Å². The van der Waals surface area contributed by atoms with Gasteiger partial charge in [0.25, 0.3) is 0 Å². The minimum atomic E-state index is 0.560. The molecule has 0 aliphatic heterocycles. The number of fused-ring (bicyclic) bond motifs is 3. The van der Waals surface area contributed by atoms with Crippen molar-refractivity contribution in [3.8, 4) is 90.2 Å². The Balaban J connectivity index is 1.26. The molecule has 314 valence electrons. The molecule has 5 nitrogen and oxygen atoms in total. The van der Waals surface area contributed by atoms with Crippen molar-refractivity contribution in [3.05, 3.63) is 240 Å². The van der Waals surface area contributed by atoms with Crippen molar-refractivity contribution < 1.29 is 0 Å². The number of hydrogen-bond donors (Lipinski definition) is 0. The standard InChI is InChI=1S/C62H41N5/c1-40-12-10-18-47(32-40)49-26-30-59-55(34-49)56-35-50(48-19-11-13-41(2)33-48)27-31-60(56)67(59)61-53(43-22-20-42(39-63)21-23-43)36-51(37-54(61)44-24-28-52(64-3)29-25-44)62-65-57(45-14-6-4-7-15-45)38-58(66-62)46-16-8-5-9-17-46/h4-38H,1-2H3. The summed E-state index contributed by atoms with van der Waals surface area (Å²) in [7, 11) is 0. The first-order valence-electron chi connectivity index (χ1n) is 22.3. The lowest BCUT2D eigenvalue weighted by atomic mass is 9.92. The molecular weight excluding hydrogens is 815 g/mol. The Morgan fingerprint density at radius 2 is 0.881 bits per heavy atom. The molecule has 2 heterocycles. The van der Waals surface area contributed by atoms with Crippen molar-refractivity contribution in [1.82, 2.24) is 14.5 Å². The molecule has 0 N–H and O–H groups in total. The second-order valence-electron chi connectivity index (χ2n) is 17.0. The number of aromatic nitrogens is 3. The van der Waals surface area contributed by atoms with Crippen LogP contribution in [0.1, 0.15) is 16.7 Å². The summed E-state index contributed by atoms with van der Waals surface area (Å²) in [5.41, 5.74) is 19.4. The highest BCUT2D eigenvalue weighted by Gasteiger charge is 2.24. The summed E-state index contributed by atoms with van der Waals surface area (Å²) in [6, 6.07) is 75.8. The smallest absolute Gasteiger partial charge is 0.187 e. The zero-order valence-corrected chi connectivity index (χ0v) is 36.9. The molecule has 11 rings (SSSR count). The molecule has 0 amide bonds. The van der Waals surface area contributed by atoms with Crippen LogP contribution in [-0.4, -0.2) is 14.5 Å². The second kappa shape index (κ2) is 17.1. The van der Waals surface area contributed by atoms with Crippen LogP contribution in [0.15, 0.2) is 212 Å². The van der Waals surface area contributed by atoms with Gasteiger partial charge in [-0.25, -0.2) is 14.8 Å². The summed E-state index contributed by atoms with van der Waals surface area (Å²) in [5.74, 6) is 0.577. The van der Waals surface area contributed by atoms with Crippen LogP contribution in [0.2, 0.25) is 0 Å². The lowest BCUT2D eigenvalue weighted by Crippen LogP contribution is -2.03. The number of hydrogen-bond acceptors (Lipinski definition) is 3. The maximum Gasteiger partial charge on any atom is 0.187 e. The number of aryl methyl sites for hydroxylation is 2. The van der Waals surface area contributed by atoms with Gasteiger partial charge in [-0.3, -0.25) is 0 Å². The largest absolute Gasteiger partial charge is 0.308 e. The van der Waals surface area contributed by atoms with Crippen LogP contribution in [0, 0.1) is 31.8 Å². The van der Waals surface area contributed by atoms with Gasteiger partial charge in [-0.2, -0.15) is 5.26 Å². The van der Waals surface area contributed by atoms with Crippen LogP contribution in [-0.2, 0) is 0 Å². The molecule has 0 radical (unpaired) electrons. The van der Waals surface area contributed by atoms with E-state index in [2.05, 4.69) is 157 Å². The predicted octanol–water partition coefficient (Wildman–Crippen LogP) is 16.3. The highest BCUT2D eigenvalue weighted by molar-refractivity contribution is 6.13. The topological polar surface area (TPSA) is 58.9 Å². The predicted molar refractivity (Wildman–Crippen MR) is 275 cm³/mol. The Morgan fingerprint density at radius 1 is 0.433 bits per heavy atom. The van der Waals surface area contributed by atoms with Crippen LogP contribution < -0.4 is 0 Å². The van der Waals surface area contributed by atoms with Gasteiger partial charge in [0.1, 0.15) is 0 Å². The van der Waals surface area contributed by atoms with Gasteiger partial charge < -0.3 is 4.57 Å². The third kappa shape index (κ3) is 7.72. The maximum atomic E-state index is 9.96. The van der Waals surface area contributed by atoms with Gasteiger partial charge in [0.05, 0.1) is 46.3 Å². The monoisotopic (exact) mass is 855 g/mol. The summed E-state index contributed by atoms with van der Waals surface area (Å²) < 4.78 is 2.40. The minimum absolute atomic E-state index is 0.560. The Hall–Kier alpha value is -9.16. The highest BCUT2D eigenvalue weighted by atomic mass is 15.0. The fourth-order valence-electron chi connectivity index (χ4n) is 9.25. The summed E-state index contributed by atoms with van der Waals surface area (Å²) in [5, 5.41) is 12.2. The fraction of sp³-hybridized carbons (Fsp3) is 0.0323. The lowest BCUT2D eigenvalue weighted by Gasteiger charge is -2.21. The van der Waals surface area contributed by atoms with Gasteiger partial charge in [0, 0.05) is 38.6 Å². The maximum absolute atomic E-state index is 9.96. The van der Waals surface area contributed by atoms with E-state index in [1.54, 1.807) is 0 Å². The van der Waals surface area contributed by atoms with E-state index >= 15 is 0 Å². The molecule has 9 aromatic carbocycles. The van der Waals surface area contributed by atoms with Gasteiger partial charge in [0.15, 0.2) is 11.5 Å². The summed E-state index contributed by atoms with van der Waals surface area (Å²) >= 11 is 0. The van der Waals surface area contributed by atoms with Crippen molar-refractivity contribution in [3.63, 3.8) is 0 Å². The Kier molecular flexibility index (Phi) is 10.4. The highest BCUT2D eigenvalue weighted by Crippen LogP contribution is 2.45. The summed E-state index contributed by atoms with van der Waals surface area (Å²) in [6.45, 7) is 12.1. The van der Waals surface area contributed by atoms with Crippen LogP contribution in [0.3, 0.4) is 0 Å². The summed E-state index contributed by atoms with van der Waals surface area (Å²) in [6.07, 6.45) is 0. The van der Waals surface area contributed by atoms with Crippen molar-refractivity contribution in [2.45, 2.75) is 13.8 Å². The average molecular weight is 856 g/mol. The quantitative estimate of drug-likeness (QED) is 0.143. The number of benzene rings is 9. The molecule has 0 bridgehead atoms. The van der Waals surface area contributed by atoms with Crippen LogP contribution in [0.5, 0.6) is 0 Å². The molecule has 0 saturated carbocycles. The fourth-order valence-corrected chi connectivity index (χ4v) is 9.25. The van der Waals surface area contributed by atoms with E-state index in [0.717, 1.165) is 100 Å². The molecule has 67 heavy (non-hydrogen) atoms. The van der Waals surface area contributed by atoms with E-state index in [1.165, 1.54) is 11.1 Å². The SMILES string of the molecule is [C-]#[N+]c1ccc(-c2cc(-c3nc(-c4ccccc4)cc(-c4ccccc4)n3)cc(-c3ccc(C#N)cc3)c2-n2c3ccc(-c4cccc(C)c4)cc3c3cc(-c4cccc(C)c4)ccc32)cc1. The zero-order chi connectivity index (χ0) is 45.4. The van der Waals surface area contributed by atoms with E-state index in [1.807, 2.05) is 84.9 Å². The van der Waals surface area contributed by atoms with E-state index in [-0.39, 0.29) is 0 Å². The Bertz CT molecular complexity index is 3520. The van der Waals surface area contributed by atoms with Crippen LogP contribution in [0.4, 0.5) is 5.69 Å². The molecule has 0 spiro atoms. The Morgan fingerprint density at radius 3 is 1.34 bits per heavy atom. The van der Waals surface area contributed by atoms with Gasteiger partial charge in [-0.1, -0.05) is 169 Å². The van der Waals surface area contributed by atoms with Crippen molar-refractivity contribution in [1.29, 1.82) is 5.26 Å².